The van der Waals surface area contributed by atoms with Crippen molar-refractivity contribution < 1.29 is 9.63 Å². The maximum Gasteiger partial charge on any atom is 0.225 e. The molecular weight excluding hydrogens is 301 g/mol. The Balaban J connectivity index is 1.88. The number of hydrogen-bond donors (Lipinski definition) is 2. The van der Waals surface area contributed by atoms with Gasteiger partial charge in [0.25, 0.3) is 0 Å². The lowest BCUT2D eigenvalue weighted by molar-refractivity contribution is -0.181. The maximum atomic E-state index is 11.9. The second kappa shape index (κ2) is 7.13. The van der Waals surface area contributed by atoms with Crippen molar-refractivity contribution in [2.45, 2.75) is 19.3 Å². The lowest BCUT2D eigenvalue weighted by atomic mass is 10.2. The Morgan fingerprint density at radius 1 is 1.35 bits per heavy atom. The molecule has 1 amide bonds. The Labute approximate surface area is 127 Å². The minimum absolute atomic E-state index is 0.159. The van der Waals surface area contributed by atoms with E-state index in [1.54, 1.807) is 12.1 Å². The minimum atomic E-state index is -0.159. The van der Waals surface area contributed by atoms with Crippen LogP contribution in [0.4, 0.5) is 11.4 Å². The minimum Gasteiger partial charge on any atom is -0.399 e. The average Bonchev–Trinajstić information content (AvgIpc) is 2.42. The molecule has 1 aromatic rings. The zero-order valence-corrected chi connectivity index (χ0v) is 12.5. The van der Waals surface area contributed by atoms with Gasteiger partial charge >= 0.3 is 0 Å². The van der Waals surface area contributed by atoms with Crippen molar-refractivity contribution in [3.63, 3.8) is 0 Å². The third-order valence-corrected chi connectivity index (χ3v) is 3.59. The molecule has 0 spiro atoms. The zero-order valence-electron chi connectivity index (χ0n) is 11.0. The first-order chi connectivity index (χ1) is 9.56. The molecule has 5 nitrogen and oxygen atoms in total. The van der Waals surface area contributed by atoms with Crippen molar-refractivity contribution >= 4 is 40.5 Å². The van der Waals surface area contributed by atoms with E-state index in [2.05, 4.69) is 5.32 Å². The molecule has 0 saturated carbocycles. The van der Waals surface area contributed by atoms with Crippen LogP contribution in [0.3, 0.4) is 0 Å². The van der Waals surface area contributed by atoms with Gasteiger partial charge in [0.15, 0.2) is 0 Å². The van der Waals surface area contributed by atoms with E-state index in [0.29, 0.717) is 34.4 Å². The summed E-state index contributed by atoms with van der Waals surface area (Å²) < 4.78 is 0. The van der Waals surface area contributed by atoms with E-state index in [1.807, 2.05) is 5.06 Å². The second-order valence-electron chi connectivity index (χ2n) is 4.63. The lowest BCUT2D eigenvalue weighted by Crippen LogP contribution is -2.32. The molecule has 1 saturated heterocycles. The predicted octanol–water partition coefficient (Wildman–Crippen LogP) is 2.93. The number of carbonyl (C=O) groups excluding carboxylic acids is 1. The number of halogens is 2. The van der Waals surface area contributed by atoms with Crippen LogP contribution < -0.4 is 11.1 Å². The third-order valence-electron chi connectivity index (χ3n) is 2.99. The molecule has 1 aliphatic heterocycles. The van der Waals surface area contributed by atoms with Crippen LogP contribution in [0.5, 0.6) is 0 Å². The summed E-state index contributed by atoms with van der Waals surface area (Å²) >= 11 is 12.0. The number of hydrogen-bond acceptors (Lipinski definition) is 4. The number of rotatable bonds is 4. The molecule has 0 atom stereocenters. The first-order valence-electron chi connectivity index (χ1n) is 6.48. The quantitative estimate of drug-likeness (QED) is 0.838. The van der Waals surface area contributed by atoms with Gasteiger partial charge in [-0.2, -0.15) is 5.06 Å². The van der Waals surface area contributed by atoms with E-state index in [-0.39, 0.29) is 5.91 Å². The summed E-state index contributed by atoms with van der Waals surface area (Å²) in [5, 5.41) is 5.18. The van der Waals surface area contributed by atoms with Gasteiger partial charge in [0.2, 0.25) is 5.91 Å². The Morgan fingerprint density at radius 2 is 2.05 bits per heavy atom. The Kier molecular flexibility index (Phi) is 5.48. The highest BCUT2D eigenvalue weighted by molar-refractivity contribution is 6.40. The van der Waals surface area contributed by atoms with E-state index in [1.165, 1.54) is 0 Å². The number of benzene rings is 1. The van der Waals surface area contributed by atoms with E-state index in [0.717, 1.165) is 26.0 Å². The summed E-state index contributed by atoms with van der Waals surface area (Å²) in [4.78, 5) is 17.3. The molecule has 0 aromatic heterocycles. The molecule has 1 aliphatic rings. The molecule has 20 heavy (non-hydrogen) atoms. The van der Waals surface area contributed by atoms with Crippen molar-refractivity contribution in [1.82, 2.24) is 5.06 Å². The highest BCUT2D eigenvalue weighted by Gasteiger charge is 2.14. The third kappa shape index (κ3) is 4.24. The molecule has 1 aromatic carbocycles. The van der Waals surface area contributed by atoms with E-state index in [4.69, 9.17) is 33.8 Å². The maximum absolute atomic E-state index is 11.9. The van der Waals surface area contributed by atoms with E-state index in [9.17, 15) is 4.79 Å². The number of amides is 1. The highest BCUT2D eigenvalue weighted by atomic mass is 35.5. The number of nitrogens with one attached hydrogen (secondary N) is 1. The van der Waals surface area contributed by atoms with Gasteiger partial charge in [0.1, 0.15) is 0 Å². The van der Waals surface area contributed by atoms with Crippen LogP contribution in [0.15, 0.2) is 12.1 Å². The summed E-state index contributed by atoms with van der Waals surface area (Å²) in [6.07, 6.45) is 2.48. The van der Waals surface area contributed by atoms with Gasteiger partial charge in [0.05, 0.1) is 22.3 Å². The van der Waals surface area contributed by atoms with Crippen LogP contribution in [0, 0.1) is 0 Å². The predicted molar refractivity (Wildman–Crippen MR) is 80.9 cm³/mol. The van der Waals surface area contributed by atoms with Crippen LogP contribution in [0.2, 0.25) is 10.0 Å². The van der Waals surface area contributed by atoms with Crippen molar-refractivity contribution in [2.75, 3.05) is 30.7 Å². The fraction of sp³-hybridized carbons (Fsp3) is 0.462. The summed E-state index contributed by atoms with van der Waals surface area (Å²) in [5.74, 6) is -0.159. The first kappa shape index (κ1) is 15.4. The molecule has 2 rings (SSSR count). The van der Waals surface area contributed by atoms with Crippen molar-refractivity contribution in [2.24, 2.45) is 0 Å². The molecule has 0 radical (unpaired) electrons. The second-order valence-corrected chi connectivity index (χ2v) is 5.44. The number of anilines is 2. The molecule has 0 aliphatic carbocycles. The van der Waals surface area contributed by atoms with E-state index < -0.39 is 0 Å². The fourth-order valence-corrected chi connectivity index (χ4v) is 2.56. The first-order valence-corrected chi connectivity index (χ1v) is 7.24. The summed E-state index contributed by atoms with van der Waals surface area (Å²) in [6.45, 7) is 2.13. The van der Waals surface area contributed by atoms with Crippen LogP contribution in [0.25, 0.3) is 0 Å². The van der Waals surface area contributed by atoms with Crippen molar-refractivity contribution in [3.8, 4) is 0 Å². The van der Waals surface area contributed by atoms with Gasteiger partial charge in [-0.15, -0.1) is 0 Å². The Bertz CT molecular complexity index is 467. The van der Waals surface area contributed by atoms with Crippen molar-refractivity contribution in [3.05, 3.63) is 22.2 Å². The zero-order chi connectivity index (χ0) is 14.5. The molecule has 1 heterocycles. The smallest absolute Gasteiger partial charge is 0.225 e. The molecule has 0 unspecified atom stereocenters. The molecular formula is C13H17Cl2N3O2. The van der Waals surface area contributed by atoms with Gasteiger partial charge in [-0.3, -0.25) is 9.63 Å². The topological polar surface area (TPSA) is 67.6 Å². The molecule has 3 N–H and O–H groups in total. The van der Waals surface area contributed by atoms with Gasteiger partial charge < -0.3 is 11.1 Å². The number of nitrogens with zero attached hydrogens (tertiary/aromatic N) is 1. The fourth-order valence-electron chi connectivity index (χ4n) is 1.97. The van der Waals surface area contributed by atoms with Crippen LogP contribution in [0.1, 0.15) is 19.3 Å². The number of nitrogens with two attached hydrogens (primary N) is 1. The van der Waals surface area contributed by atoms with Crippen LogP contribution >= 0.6 is 23.2 Å². The lowest BCUT2D eigenvalue weighted by Gasteiger charge is -2.25. The monoisotopic (exact) mass is 317 g/mol. The van der Waals surface area contributed by atoms with Crippen LogP contribution in [-0.4, -0.2) is 30.7 Å². The molecule has 7 heteroatoms. The highest BCUT2D eigenvalue weighted by Crippen LogP contribution is 2.32. The van der Waals surface area contributed by atoms with Gasteiger partial charge in [-0.1, -0.05) is 23.2 Å². The Hall–Kier alpha value is -1.01. The molecule has 110 valence electrons. The number of carbonyl (C=O) groups is 1. The summed E-state index contributed by atoms with van der Waals surface area (Å²) in [6, 6.07) is 3.10. The summed E-state index contributed by atoms with van der Waals surface area (Å²) in [7, 11) is 0. The standard InChI is InChI=1S/C13H17Cl2N3O2/c14-10-7-9(16)8-11(15)13(10)17-12(19)3-5-18-4-1-2-6-20-18/h7-8H,1-6,16H2,(H,17,19). The van der Waals surface area contributed by atoms with Gasteiger partial charge in [-0.05, 0) is 25.0 Å². The number of hydroxylamine groups is 2. The van der Waals surface area contributed by atoms with Gasteiger partial charge in [0, 0.05) is 25.2 Å². The SMILES string of the molecule is Nc1cc(Cl)c(NC(=O)CCN2CCCCO2)c(Cl)c1. The van der Waals surface area contributed by atoms with Crippen molar-refractivity contribution in [1.29, 1.82) is 0 Å². The van der Waals surface area contributed by atoms with Crippen LogP contribution in [-0.2, 0) is 9.63 Å². The van der Waals surface area contributed by atoms with E-state index >= 15 is 0 Å². The molecule has 0 bridgehead atoms. The Morgan fingerprint density at radius 3 is 2.65 bits per heavy atom. The molecule has 1 fully saturated rings. The normalized spacial score (nSPS) is 16.1. The van der Waals surface area contributed by atoms with Gasteiger partial charge in [-0.25, -0.2) is 0 Å². The average molecular weight is 318 g/mol. The number of nitrogen functional groups attached to an aromatic ring is 1. The summed E-state index contributed by atoms with van der Waals surface area (Å²) in [5.41, 5.74) is 6.46. The largest absolute Gasteiger partial charge is 0.399 e.